The van der Waals surface area contributed by atoms with Crippen LogP contribution in [0.4, 0.5) is 14.9 Å². The van der Waals surface area contributed by atoms with Gasteiger partial charge in [-0.1, -0.05) is 12.1 Å². The number of benzene rings is 2. The molecule has 2 N–H and O–H groups in total. The van der Waals surface area contributed by atoms with Gasteiger partial charge in [-0.05, 0) is 42.8 Å². The topological polar surface area (TPSA) is 97.0 Å². The van der Waals surface area contributed by atoms with Gasteiger partial charge in [0.25, 0.3) is 5.91 Å². The number of carbonyl (C=O) groups excluding carboxylic acids is 3. The molecule has 1 unspecified atom stereocenters. The van der Waals surface area contributed by atoms with Crippen molar-refractivity contribution in [3.05, 3.63) is 53.8 Å². The van der Waals surface area contributed by atoms with Gasteiger partial charge < -0.3 is 20.1 Å². The molecule has 150 valence electrons. The zero-order valence-corrected chi connectivity index (χ0v) is 15.5. The van der Waals surface area contributed by atoms with Gasteiger partial charge in [0.05, 0.1) is 0 Å². The lowest BCUT2D eigenvalue weighted by Gasteiger charge is -2.25. The Balaban J connectivity index is 1.51. The number of hydrogen-bond donors (Lipinski definition) is 2. The molecule has 2 aromatic carbocycles. The van der Waals surface area contributed by atoms with E-state index in [4.69, 9.17) is 9.47 Å². The summed E-state index contributed by atoms with van der Waals surface area (Å²) in [5, 5.41) is 5.10. The van der Waals surface area contributed by atoms with E-state index in [0.29, 0.717) is 30.3 Å². The highest BCUT2D eigenvalue weighted by atomic mass is 19.1. The van der Waals surface area contributed by atoms with Crippen molar-refractivity contribution in [3.8, 4) is 11.5 Å². The number of carbonyl (C=O) groups is 3. The van der Waals surface area contributed by atoms with Crippen LogP contribution in [0.3, 0.4) is 0 Å². The van der Waals surface area contributed by atoms with Gasteiger partial charge in [0.2, 0.25) is 5.91 Å². The van der Waals surface area contributed by atoms with Crippen molar-refractivity contribution in [2.45, 2.75) is 12.5 Å². The third-order valence-electron chi connectivity index (χ3n) is 4.80. The first-order valence-electron chi connectivity index (χ1n) is 8.96. The number of fused-ring (bicyclic) bond motifs is 1. The van der Waals surface area contributed by atoms with Gasteiger partial charge in [-0.2, -0.15) is 0 Å². The molecule has 0 aliphatic carbocycles. The number of imide groups is 1. The maximum atomic E-state index is 13.3. The number of rotatable bonds is 4. The molecule has 0 spiro atoms. The van der Waals surface area contributed by atoms with Gasteiger partial charge in [0.1, 0.15) is 31.1 Å². The average Bonchev–Trinajstić information content (AvgIpc) is 2.91. The third-order valence-corrected chi connectivity index (χ3v) is 4.80. The Hall–Kier alpha value is -3.62. The first-order chi connectivity index (χ1) is 13.9. The summed E-state index contributed by atoms with van der Waals surface area (Å²) in [4.78, 5) is 38.5. The quantitative estimate of drug-likeness (QED) is 0.767. The van der Waals surface area contributed by atoms with Gasteiger partial charge in [-0.3, -0.25) is 14.5 Å². The molecule has 29 heavy (non-hydrogen) atoms. The molecular weight excluding hydrogens is 381 g/mol. The Labute approximate surface area is 165 Å². The number of halogens is 1. The molecule has 2 aromatic rings. The van der Waals surface area contributed by atoms with E-state index < -0.39 is 35.7 Å². The largest absolute Gasteiger partial charge is 0.486 e. The molecule has 0 radical (unpaired) electrons. The van der Waals surface area contributed by atoms with Crippen LogP contribution in [-0.2, 0) is 15.1 Å². The minimum Gasteiger partial charge on any atom is -0.486 e. The van der Waals surface area contributed by atoms with Crippen molar-refractivity contribution in [2.24, 2.45) is 0 Å². The molecule has 1 saturated heterocycles. The molecule has 4 rings (SSSR count). The molecule has 1 fully saturated rings. The van der Waals surface area contributed by atoms with Gasteiger partial charge in [0.15, 0.2) is 11.5 Å². The highest BCUT2D eigenvalue weighted by Crippen LogP contribution is 2.36. The lowest BCUT2D eigenvalue weighted by atomic mass is 9.91. The number of amides is 4. The first kappa shape index (κ1) is 18.7. The molecule has 0 saturated carbocycles. The summed E-state index contributed by atoms with van der Waals surface area (Å²) < 4.78 is 24.3. The zero-order chi connectivity index (χ0) is 20.6. The van der Waals surface area contributed by atoms with E-state index in [2.05, 4.69) is 10.6 Å². The van der Waals surface area contributed by atoms with E-state index in [-0.39, 0.29) is 5.69 Å². The van der Waals surface area contributed by atoms with Crippen molar-refractivity contribution in [1.82, 2.24) is 10.2 Å². The van der Waals surface area contributed by atoms with Crippen molar-refractivity contribution < 1.29 is 28.2 Å². The molecule has 2 heterocycles. The van der Waals surface area contributed by atoms with Crippen LogP contribution in [0.25, 0.3) is 0 Å². The van der Waals surface area contributed by atoms with Gasteiger partial charge in [-0.25, -0.2) is 9.18 Å². The van der Waals surface area contributed by atoms with E-state index in [1.807, 2.05) is 0 Å². The van der Waals surface area contributed by atoms with Crippen molar-refractivity contribution in [2.75, 3.05) is 25.1 Å². The standard InChI is InChI=1S/C20H18FN3O5/c1-20(12-5-6-15-16(9-12)29-8-7-28-15)18(26)24(19(27)23-20)11-17(25)22-14-4-2-3-13(21)10-14/h2-6,9-10H,7-8,11H2,1H3,(H,22,25)(H,23,27). The third kappa shape index (κ3) is 3.46. The normalized spacial score (nSPS) is 20.4. The second-order valence-electron chi connectivity index (χ2n) is 6.86. The van der Waals surface area contributed by atoms with E-state index in [0.717, 1.165) is 11.0 Å². The maximum Gasteiger partial charge on any atom is 0.325 e. The summed E-state index contributed by atoms with van der Waals surface area (Å²) in [5.41, 5.74) is -0.615. The molecule has 4 amide bonds. The van der Waals surface area contributed by atoms with E-state index in [9.17, 15) is 18.8 Å². The number of nitrogens with one attached hydrogen (secondary N) is 2. The summed E-state index contributed by atoms with van der Waals surface area (Å²) >= 11 is 0. The molecule has 2 aliphatic heterocycles. The van der Waals surface area contributed by atoms with Crippen LogP contribution in [0.2, 0.25) is 0 Å². The van der Waals surface area contributed by atoms with Gasteiger partial charge in [-0.15, -0.1) is 0 Å². The van der Waals surface area contributed by atoms with Crippen molar-refractivity contribution >= 4 is 23.5 Å². The lowest BCUT2D eigenvalue weighted by Crippen LogP contribution is -2.42. The van der Waals surface area contributed by atoms with Crippen LogP contribution in [0.1, 0.15) is 12.5 Å². The van der Waals surface area contributed by atoms with Crippen molar-refractivity contribution in [1.29, 1.82) is 0 Å². The van der Waals surface area contributed by atoms with Gasteiger partial charge in [0, 0.05) is 5.69 Å². The lowest BCUT2D eigenvalue weighted by molar-refractivity contribution is -0.133. The highest BCUT2D eigenvalue weighted by molar-refractivity contribution is 6.10. The fraction of sp³-hybridized carbons (Fsp3) is 0.250. The molecule has 8 nitrogen and oxygen atoms in total. The molecular formula is C20H18FN3O5. The monoisotopic (exact) mass is 399 g/mol. The Kier molecular flexibility index (Phi) is 4.57. The molecule has 9 heteroatoms. The first-order valence-corrected chi connectivity index (χ1v) is 8.96. The second-order valence-corrected chi connectivity index (χ2v) is 6.86. The fourth-order valence-corrected chi connectivity index (χ4v) is 3.30. The predicted octanol–water partition coefficient (Wildman–Crippen LogP) is 2.00. The fourth-order valence-electron chi connectivity index (χ4n) is 3.30. The Morgan fingerprint density at radius 2 is 1.93 bits per heavy atom. The van der Waals surface area contributed by atoms with Crippen LogP contribution in [0, 0.1) is 5.82 Å². The van der Waals surface area contributed by atoms with Gasteiger partial charge >= 0.3 is 6.03 Å². The predicted molar refractivity (Wildman–Crippen MR) is 100 cm³/mol. The van der Waals surface area contributed by atoms with Crippen LogP contribution < -0.4 is 20.1 Å². The Morgan fingerprint density at radius 3 is 2.69 bits per heavy atom. The number of anilines is 1. The molecule has 0 aromatic heterocycles. The maximum absolute atomic E-state index is 13.3. The van der Waals surface area contributed by atoms with E-state index in [1.54, 1.807) is 25.1 Å². The molecule has 2 aliphatic rings. The Morgan fingerprint density at radius 1 is 1.17 bits per heavy atom. The number of hydrogen-bond acceptors (Lipinski definition) is 5. The zero-order valence-electron chi connectivity index (χ0n) is 15.5. The summed E-state index contributed by atoms with van der Waals surface area (Å²) in [6, 6.07) is 9.62. The van der Waals surface area contributed by atoms with E-state index >= 15 is 0 Å². The number of urea groups is 1. The van der Waals surface area contributed by atoms with E-state index in [1.165, 1.54) is 18.2 Å². The number of nitrogens with zero attached hydrogens (tertiary/aromatic N) is 1. The number of ether oxygens (including phenoxy) is 2. The SMILES string of the molecule is CC1(c2ccc3c(c2)OCCO3)NC(=O)N(CC(=O)Nc2cccc(F)c2)C1=O. The van der Waals surface area contributed by atoms with Crippen molar-refractivity contribution in [3.63, 3.8) is 0 Å². The smallest absolute Gasteiger partial charge is 0.325 e. The summed E-state index contributed by atoms with van der Waals surface area (Å²) in [6.07, 6.45) is 0. The van der Waals surface area contributed by atoms with Crippen LogP contribution >= 0.6 is 0 Å². The highest BCUT2D eigenvalue weighted by Gasteiger charge is 2.49. The summed E-state index contributed by atoms with van der Waals surface area (Å²) in [5.74, 6) is -0.658. The summed E-state index contributed by atoms with van der Waals surface area (Å²) in [7, 11) is 0. The minimum absolute atomic E-state index is 0.233. The second kappa shape index (κ2) is 7.08. The van der Waals surface area contributed by atoms with Crippen LogP contribution in [-0.4, -0.2) is 42.5 Å². The summed E-state index contributed by atoms with van der Waals surface area (Å²) in [6.45, 7) is 1.89. The minimum atomic E-state index is -1.36. The molecule has 1 atom stereocenters. The molecule has 0 bridgehead atoms. The average molecular weight is 399 g/mol. The van der Waals surface area contributed by atoms with Crippen LogP contribution in [0.15, 0.2) is 42.5 Å². The Bertz CT molecular complexity index is 1010. The van der Waals surface area contributed by atoms with Crippen LogP contribution in [0.5, 0.6) is 11.5 Å².